The second-order valence-corrected chi connectivity index (χ2v) is 14.4. The van der Waals surface area contributed by atoms with Crippen molar-refractivity contribution in [1.29, 1.82) is 0 Å². The first-order chi connectivity index (χ1) is 11.1. The molecule has 0 aromatic heterocycles. The Hall–Kier alpha value is -0.0400. The van der Waals surface area contributed by atoms with Crippen LogP contribution in [0.25, 0.3) is 0 Å². The first-order valence-corrected chi connectivity index (χ1v) is 10.7. The molecule has 1 aliphatic heterocycles. The summed E-state index contributed by atoms with van der Waals surface area (Å²) in [6.45, 7) is 36.1. The van der Waals surface area contributed by atoms with Gasteiger partial charge in [0, 0.05) is 0 Å². The SMILES string of the molecule is CC(C)(C)C1O[C@@H](C(C)(C)C)C(C(C)(C)C)C(C(C)(C)C)[C@@H]1C(C)(C)C. The molecule has 1 rings (SSSR count). The van der Waals surface area contributed by atoms with E-state index < -0.39 is 0 Å². The zero-order valence-corrected chi connectivity index (χ0v) is 20.8. The molecule has 0 aromatic rings. The molecule has 5 atom stereocenters. The standard InChI is InChI=1S/C25H50O/c1-21(2,3)16-17(22(4,5)6)19(24(10,11)12)26-20(25(13,14)15)18(16)23(7,8)9/h16-20H,1-15H3/t16?,17-,18?,19?,20+/m0/s1. The van der Waals surface area contributed by atoms with Crippen molar-refractivity contribution >= 4 is 0 Å². The van der Waals surface area contributed by atoms with E-state index in [-0.39, 0.29) is 39.3 Å². The minimum Gasteiger partial charge on any atom is -0.373 e. The van der Waals surface area contributed by atoms with Gasteiger partial charge in [0.15, 0.2) is 0 Å². The van der Waals surface area contributed by atoms with E-state index in [0.717, 1.165) is 0 Å². The molecule has 0 aromatic carbocycles. The van der Waals surface area contributed by atoms with Crippen LogP contribution in [0, 0.1) is 44.8 Å². The van der Waals surface area contributed by atoms with Crippen molar-refractivity contribution in [3.8, 4) is 0 Å². The molecule has 0 amide bonds. The summed E-state index contributed by atoms with van der Waals surface area (Å²) < 4.78 is 7.12. The Kier molecular flexibility index (Phi) is 6.26. The Morgan fingerprint density at radius 3 is 0.731 bits per heavy atom. The summed E-state index contributed by atoms with van der Waals surface area (Å²) in [6.07, 6.45) is 0.545. The van der Waals surface area contributed by atoms with Gasteiger partial charge in [-0.2, -0.15) is 0 Å². The normalized spacial score (nSPS) is 32.7. The van der Waals surface area contributed by atoms with Gasteiger partial charge in [0.2, 0.25) is 0 Å². The van der Waals surface area contributed by atoms with Gasteiger partial charge in [-0.1, -0.05) is 104 Å². The maximum Gasteiger partial charge on any atom is 0.0663 e. The van der Waals surface area contributed by atoms with Crippen molar-refractivity contribution in [3.05, 3.63) is 0 Å². The number of hydrogen-bond donors (Lipinski definition) is 0. The molecule has 1 saturated heterocycles. The average Bonchev–Trinajstić information content (AvgIpc) is 2.30. The Morgan fingerprint density at radius 1 is 0.346 bits per heavy atom. The maximum absolute atomic E-state index is 7.12. The number of ether oxygens (including phenoxy) is 1. The molecule has 1 heteroatoms. The van der Waals surface area contributed by atoms with Crippen LogP contribution in [-0.4, -0.2) is 12.2 Å². The second-order valence-electron chi connectivity index (χ2n) is 14.4. The molecule has 1 heterocycles. The highest BCUT2D eigenvalue weighted by molar-refractivity contribution is 5.07. The topological polar surface area (TPSA) is 9.23 Å². The quantitative estimate of drug-likeness (QED) is 0.424. The zero-order chi connectivity index (χ0) is 21.1. The number of rotatable bonds is 0. The maximum atomic E-state index is 7.12. The van der Waals surface area contributed by atoms with Crippen LogP contribution in [0.4, 0.5) is 0 Å². The summed E-state index contributed by atoms with van der Waals surface area (Å²) >= 11 is 0. The third-order valence-electron chi connectivity index (χ3n) is 6.43. The molecule has 0 radical (unpaired) electrons. The summed E-state index contributed by atoms with van der Waals surface area (Å²) in [5, 5.41) is 0. The van der Waals surface area contributed by atoms with Crippen molar-refractivity contribution in [3.63, 3.8) is 0 Å². The van der Waals surface area contributed by atoms with E-state index in [0.29, 0.717) is 17.8 Å². The summed E-state index contributed by atoms with van der Waals surface area (Å²) in [7, 11) is 0. The molecular formula is C25H50O. The van der Waals surface area contributed by atoms with Crippen LogP contribution in [0.5, 0.6) is 0 Å². The molecule has 1 nitrogen and oxygen atoms in total. The highest BCUT2D eigenvalue weighted by atomic mass is 16.5. The Morgan fingerprint density at radius 2 is 0.577 bits per heavy atom. The van der Waals surface area contributed by atoms with Gasteiger partial charge in [0.25, 0.3) is 0 Å². The van der Waals surface area contributed by atoms with Crippen molar-refractivity contribution in [1.82, 2.24) is 0 Å². The first kappa shape index (κ1) is 24.0. The molecule has 0 aliphatic carbocycles. The van der Waals surface area contributed by atoms with Crippen LogP contribution < -0.4 is 0 Å². The lowest BCUT2D eigenvalue weighted by Crippen LogP contribution is -2.63. The van der Waals surface area contributed by atoms with Gasteiger partial charge in [-0.05, 0) is 44.8 Å². The predicted molar refractivity (Wildman–Crippen MR) is 116 cm³/mol. The minimum absolute atomic E-state index is 0.133. The van der Waals surface area contributed by atoms with Crippen LogP contribution in [0.3, 0.4) is 0 Å². The lowest BCUT2D eigenvalue weighted by atomic mass is 9.48. The van der Waals surface area contributed by atoms with Gasteiger partial charge in [0.1, 0.15) is 0 Å². The largest absolute Gasteiger partial charge is 0.373 e. The van der Waals surface area contributed by atoms with Crippen molar-refractivity contribution in [2.24, 2.45) is 44.8 Å². The molecule has 0 bridgehead atoms. The van der Waals surface area contributed by atoms with Gasteiger partial charge in [-0.15, -0.1) is 0 Å². The molecule has 156 valence electrons. The van der Waals surface area contributed by atoms with E-state index in [2.05, 4.69) is 104 Å². The van der Waals surface area contributed by atoms with Crippen molar-refractivity contribution < 1.29 is 4.74 Å². The molecule has 1 fully saturated rings. The van der Waals surface area contributed by atoms with E-state index in [1.807, 2.05) is 0 Å². The van der Waals surface area contributed by atoms with Gasteiger partial charge in [0.05, 0.1) is 12.2 Å². The summed E-state index contributed by atoms with van der Waals surface area (Å²) in [6, 6.07) is 0. The lowest BCUT2D eigenvalue weighted by molar-refractivity contribution is -0.264. The van der Waals surface area contributed by atoms with E-state index in [9.17, 15) is 0 Å². The fourth-order valence-electron chi connectivity index (χ4n) is 5.48. The Bertz CT molecular complexity index is 429. The summed E-state index contributed by atoms with van der Waals surface area (Å²) in [5.41, 5.74) is 0.929. The van der Waals surface area contributed by atoms with Crippen LogP contribution in [0.15, 0.2) is 0 Å². The summed E-state index contributed by atoms with van der Waals surface area (Å²) in [5.74, 6) is 1.68. The predicted octanol–water partition coefficient (Wildman–Crippen LogP) is 7.83. The molecule has 3 unspecified atom stereocenters. The van der Waals surface area contributed by atoms with E-state index >= 15 is 0 Å². The highest BCUT2D eigenvalue weighted by Crippen LogP contribution is 2.60. The third-order valence-corrected chi connectivity index (χ3v) is 6.43. The smallest absolute Gasteiger partial charge is 0.0663 e. The average molecular weight is 367 g/mol. The zero-order valence-electron chi connectivity index (χ0n) is 20.8. The molecule has 0 spiro atoms. The molecular weight excluding hydrogens is 316 g/mol. The van der Waals surface area contributed by atoms with Crippen molar-refractivity contribution in [2.75, 3.05) is 0 Å². The third kappa shape index (κ3) is 5.06. The fourth-order valence-corrected chi connectivity index (χ4v) is 5.48. The number of hydrogen-bond acceptors (Lipinski definition) is 1. The van der Waals surface area contributed by atoms with Gasteiger partial charge in [-0.3, -0.25) is 0 Å². The molecule has 26 heavy (non-hydrogen) atoms. The van der Waals surface area contributed by atoms with Gasteiger partial charge < -0.3 is 4.74 Å². The molecule has 1 aliphatic rings. The first-order valence-electron chi connectivity index (χ1n) is 10.7. The van der Waals surface area contributed by atoms with Crippen LogP contribution >= 0.6 is 0 Å². The molecule has 0 saturated carbocycles. The van der Waals surface area contributed by atoms with Crippen LogP contribution in [-0.2, 0) is 4.74 Å². The Balaban J connectivity index is 3.77. The second kappa shape index (κ2) is 6.78. The lowest BCUT2D eigenvalue weighted by Gasteiger charge is -2.63. The van der Waals surface area contributed by atoms with E-state index in [1.54, 1.807) is 0 Å². The minimum atomic E-state index is 0.133. The van der Waals surface area contributed by atoms with Crippen LogP contribution in [0.2, 0.25) is 0 Å². The fraction of sp³-hybridized carbons (Fsp3) is 1.00. The monoisotopic (exact) mass is 366 g/mol. The summed E-state index contributed by atoms with van der Waals surface area (Å²) in [4.78, 5) is 0. The highest BCUT2D eigenvalue weighted by Gasteiger charge is 2.60. The van der Waals surface area contributed by atoms with E-state index in [4.69, 9.17) is 4.74 Å². The van der Waals surface area contributed by atoms with Gasteiger partial charge in [-0.25, -0.2) is 0 Å². The van der Waals surface area contributed by atoms with Gasteiger partial charge >= 0.3 is 0 Å². The molecule has 0 N–H and O–H groups in total. The van der Waals surface area contributed by atoms with Crippen molar-refractivity contribution in [2.45, 2.75) is 116 Å². The Labute approximate surface area is 166 Å². The van der Waals surface area contributed by atoms with Crippen LogP contribution in [0.1, 0.15) is 104 Å². The van der Waals surface area contributed by atoms with E-state index in [1.165, 1.54) is 0 Å².